The topological polar surface area (TPSA) is 191 Å². The number of aromatic nitrogens is 2. The monoisotopic (exact) mass is 560 g/mol. The quantitative estimate of drug-likeness (QED) is 0.215. The van der Waals surface area contributed by atoms with Crippen molar-refractivity contribution in [1.29, 1.82) is 0 Å². The van der Waals surface area contributed by atoms with Crippen LogP contribution in [0.25, 0.3) is 11.0 Å². The first kappa shape index (κ1) is 28.0. The minimum atomic E-state index is -5.02. The number of alkyl halides is 2. The Morgan fingerprint density at radius 2 is 2.03 bits per heavy atom. The van der Waals surface area contributed by atoms with Gasteiger partial charge in [-0.3, -0.25) is 13.9 Å². The zero-order valence-electron chi connectivity index (χ0n) is 19.7. The maximum absolute atomic E-state index is 14.5. The first-order valence-corrected chi connectivity index (χ1v) is 12.6. The number of phosphoric acid groups is 1. The molecule has 0 saturated carbocycles. The highest BCUT2D eigenvalue weighted by Crippen LogP contribution is 2.44. The highest BCUT2D eigenvalue weighted by Gasteiger charge is 2.60. The van der Waals surface area contributed by atoms with Crippen molar-refractivity contribution in [3.05, 3.63) is 63.5 Å². The van der Waals surface area contributed by atoms with Crippen LogP contribution in [0.5, 0.6) is 0 Å². The molecule has 3 heterocycles. The summed E-state index contributed by atoms with van der Waals surface area (Å²) < 4.78 is 60.2. The third kappa shape index (κ3) is 5.99. The summed E-state index contributed by atoms with van der Waals surface area (Å²) in [4.78, 5) is 45.7. The second-order valence-corrected chi connectivity index (χ2v) is 9.83. The number of fused-ring (bicyclic) bond motifs is 1. The van der Waals surface area contributed by atoms with E-state index in [2.05, 4.69) is 9.51 Å². The Labute approximate surface area is 212 Å². The summed E-state index contributed by atoms with van der Waals surface area (Å²) in [6.07, 6.45) is -6.31. The van der Waals surface area contributed by atoms with Crippen molar-refractivity contribution in [2.45, 2.75) is 50.9 Å². The standard InChI is InChI=1S/C22H23F2N2O11P/c1-11-4-12-6-15(36-18(12)13(5-11)8-27)9-34-17(28)7-14-2-3-26(21(30)25-14)20-22(23,24)19(29)16(37-20)10-35-38(31,32)33/h2-6,16,19-20,27,29H,7-10H2,1H3,(H2,31,32,33)/t16-,19-,20-/m1/s1. The lowest BCUT2D eigenvalue weighted by Gasteiger charge is -2.21. The molecule has 0 bridgehead atoms. The Kier molecular flexibility index (Phi) is 7.81. The first-order valence-electron chi connectivity index (χ1n) is 11.1. The van der Waals surface area contributed by atoms with Gasteiger partial charge in [-0.15, -0.1) is 0 Å². The van der Waals surface area contributed by atoms with Crippen LogP contribution in [-0.2, 0) is 43.0 Å². The van der Waals surface area contributed by atoms with Crippen molar-refractivity contribution < 1.29 is 56.6 Å². The van der Waals surface area contributed by atoms with E-state index in [9.17, 15) is 33.1 Å². The summed E-state index contributed by atoms with van der Waals surface area (Å²) in [5.74, 6) is -4.51. The zero-order chi connectivity index (χ0) is 27.8. The molecule has 4 rings (SSSR count). The van der Waals surface area contributed by atoms with Crippen molar-refractivity contribution in [1.82, 2.24) is 9.55 Å². The molecule has 0 spiro atoms. The van der Waals surface area contributed by atoms with Crippen LogP contribution in [0.1, 0.15) is 28.8 Å². The highest BCUT2D eigenvalue weighted by atomic mass is 31.2. The minimum absolute atomic E-state index is 0.0951. The fourth-order valence-corrected chi connectivity index (χ4v) is 4.33. The molecule has 38 heavy (non-hydrogen) atoms. The molecule has 0 unspecified atom stereocenters. The van der Waals surface area contributed by atoms with Gasteiger partial charge in [0.15, 0.2) is 6.10 Å². The molecular formula is C22H23F2N2O11P. The van der Waals surface area contributed by atoms with Gasteiger partial charge in [-0.05, 0) is 30.7 Å². The highest BCUT2D eigenvalue weighted by molar-refractivity contribution is 7.46. The number of benzene rings is 1. The van der Waals surface area contributed by atoms with Gasteiger partial charge in [0, 0.05) is 17.1 Å². The van der Waals surface area contributed by atoms with E-state index in [0.29, 0.717) is 21.5 Å². The number of carbonyl (C=O) groups is 1. The number of carbonyl (C=O) groups excluding carboxylic acids is 1. The second-order valence-electron chi connectivity index (χ2n) is 8.59. The van der Waals surface area contributed by atoms with Gasteiger partial charge in [-0.1, -0.05) is 6.07 Å². The van der Waals surface area contributed by atoms with Gasteiger partial charge in [0.25, 0.3) is 0 Å². The SMILES string of the molecule is Cc1cc(CO)c2oc(COC(=O)Cc3ccn([C@@H]4O[C@H](COP(=O)(O)O)[C@@H](O)C4(F)F)c(=O)n3)cc2c1. The predicted molar refractivity (Wildman–Crippen MR) is 122 cm³/mol. The van der Waals surface area contributed by atoms with Crippen molar-refractivity contribution in [3.8, 4) is 0 Å². The Bertz CT molecular complexity index is 1450. The van der Waals surface area contributed by atoms with E-state index in [1.165, 1.54) is 0 Å². The first-order chi connectivity index (χ1) is 17.8. The Morgan fingerprint density at radius 1 is 1.29 bits per heavy atom. The lowest BCUT2D eigenvalue weighted by molar-refractivity contribution is -0.144. The summed E-state index contributed by atoms with van der Waals surface area (Å²) in [6.45, 7) is 0.316. The molecule has 1 aromatic carbocycles. The number of halogens is 2. The summed E-state index contributed by atoms with van der Waals surface area (Å²) >= 11 is 0. The largest absolute Gasteiger partial charge is 0.469 e. The van der Waals surface area contributed by atoms with E-state index in [0.717, 1.165) is 23.2 Å². The predicted octanol–water partition coefficient (Wildman–Crippen LogP) is 1.08. The van der Waals surface area contributed by atoms with Gasteiger partial charge in [0.05, 0.1) is 25.3 Å². The molecule has 206 valence electrons. The van der Waals surface area contributed by atoms with Crippen LogP contribution >= 0.6 is 7.82 Å². The minimum Gasteiger partial charge on any atom is -0.457 e. The van der Waals surface area contributed by atoms with Gasteiger partial charge >= 0.3 is 25.4 Å². The van der Waals surface area contributed by atoms with Crippen LogP contribution in [0.4, 0.5) is 8.78 Å². The Balaban J connectivity index is 1.40. The molecule has 1 fully saturated rings. The molecule has 0 radical (unpaired) electrons. The van der Waals surface area contributed by atoms with Crippen LogP contribution in [0.3, 0.4) is 0 Å². The van der Waals surface area contributed by atoms with Crippen LogP contribution < -0.4 is 5.69 Å². The molecule has 1 aliphatic rings. The average Bonchev–Trinajstić information content (AvgIpc) is 3.33. The van der Waals surface area contributed by atoms with E-state index >= 15 is 0 Å². The number of hydrogen-bond donors (Lipinski definition) is 4. The lowest BCUT2D eigenvalue weighted by Crippen LogP contribution is -2.42. The van der Waals surface area contributed by atoms with Crippen LogP contribution in [0.15, 0.2) is 39.7 Å². The number of aliphatic hydroxyl groups is 2. The third-order valence-corrected chi connectivity index (χ3v) is 6.17. The lowest BCUT2D eigenvalue weighted by atomic mass is 10.1. The van der Waals surface area contributed by atoms with E-state index in [1.807, 2.05) is 13.0 Å². The number of rotatable bonds is 9. The number of hydrogen-bond acceptors (Lipinski definition) is 10. The van der Waals surface area contributed by atoms with Crippen LogP contribution in [0.2, 0.25) is 0 Å². The molecule has 2 aromatic heterocycles. The van der Waals surface area contributed by atoms with Crippen LogP contribution in [0, 0.1) is 6.92 Å². The maximum Gasteiger partial charge on any atom is 0.469 e. The second kappa shape index (κ2) is 10.6. The molecule has 0 aliphatic carbocycles. The fourth-order valence-electron chi connectivity index (χ4n) is 3.98. The Morgan fingerprint density at radius 3 is 2.68 bits per heavy atom. The van der Waals surface area contributed by atoms with Crippen LogP contribution in [-0.4, -0.2) is 60.3 Å². The summed E-state index contributed by atoms with van der Waals surface area (Å²) in [6, 6.07) is 6.36. The van der Waals surface area contributed by atoms with Gasteiger partial charge in [0.1, 0.15) is 24.1 Å². The molecule has 1 saturated heterocycles. The number of esters is 1. The Hall–Kier alpha value is -3.04. The molecule has 0 amide bonds. The van der Waals surface area contributed by atoms with Gasteiger partial charge in [0.2, 0.25) is 6.23 Å². The fraction of sp³-hybridized carbons (Fsp3) is 0.409. The molecule has 3 atom stereocenters. The van der Waals surface area contributed by atoms with E-state index in [4.69, 9.17) is 23.7 Å². The van der Waals surface area contributed by atoms with E-state index in [-0.39, 0.29) is 18.9 Å². The van der Waals surface area contributed by atoms with Gasteiger partial charge < -0.3 is 33.9 Å². The normalized spacial score (nSPS) is 21.2. The number of aliphatic hydroxyl groups excluding tert-OH is 2. The van der Waals surface area contributed by atoms with Crippen molar-refractivity contribution in [2.75, 3.05) is 6.61 Å². The van der Waals surface area contributed by atoms with E-state index < -0.39 is 56.9 Å². The number of furan rings is 1. The molecule has 16 heteroatoms. The molecule has 3 aromatic rings. The summed E-state index contributed by atoms with van der Waals surface area (Å²) in [7, 11) is -5.02. The van der Waals surface area contributed by atoms with Gasteiger partial charge in [-0.2, -0.15) is 13.8 Å². The van der Waals surface area contributed by atoms with Crippen molar-refractivity contribution in [3.63, 3.8) is 0 Å². The number of ether oxygens (including phenoxy) is 2. The number of aryl methyl sites for hydroxylation is 1. The summed E-state index contributed by atoms with van der Waals surface area (Å²) in [5, 5.41) is 20.0. The number of phosphoric ester groups is 1. The molecule has 4 N–H and O–H groups in total. The average molecular weight is 560 g/mol. The smallest absolute Gasteiger partial charge is 0.457 e. The summed E-state index contributed by atoms with van der Waals surface area (Å²) in [5.41, 5.74) is 0.621. The molecule has 1 aliphatic heterocycles. The molecular weight excluding hydrogens is 537 g/mol. The maximum atomic E-state index is 14.5. The van der Waals surface area contributed by atoms with E-state index in [1.54, 1.807) is 12.1 Å². The third-order valence-electron chi connectivity index (χ3n) is 5.69. The molecule has 13 nitrogen and oxygen atoms in total. The van der Waals surface area contributed by atoms with Crippen molar-refractivity contribution in [2.24, 2.45) is 0 Å². The number of nitrogens with zero attached hydrogens (tertiary/aromatic N) is 2. The van der Waals surface area contributed by atoms with Crippen molar-refractivity contribution >= 4 is 24.8 Å². The van der Waals surface area contributed by atoms with Gasteiger partial charge in [-0.25, -0.2) is 9.36 Å². The zero-order valence-corrected chi connectivity index (χ0v) is 20.6.